The third-order valence-corrected chi connectivity index (χ3v) is 4.37. The smallest absolute Gasteiger partial charge is 0.156 e. The van der Waals surface area contributed by atoms with Crippen LogP contribution in [0.25, 0.3) is 0 Å². The second kappa shape index (κ2) is 10.3. The van der Waals surface area contributed by atoms with Gasteiger partial charge in [-0.15, -0.1) is 0 Å². The molecule has 0 amide bonds. The van der Waals surface area contributed by atoms with Crippen LogP contribution < -0.4 is 5.32 Å². The quantitative estimate of drug-likeness (QED) is 0.640. The first-order valence-electron chi connectivity index (χ1n) is 8.43. The van der Waals surface area contributed by atoms with Gasteiger partial charge in [0.05, 0.1) is 23.6 Å². The molecular formula is C19H25ClN4OS2. The molecule has 0 unspecified atom stereocenters. The number of aliphatic imine (C=N–C) groups is 1. The number of aromatic nitrogens is 2. The lowest BCUT2D eigenvalue weighted by Crippen LogP contribution is -2.20. The van der Waals surface area contributed by atoms with Crippen LogP contribution in [-0.2, 0) is 11.3 Å². The molecule has 2 aromatic heterocycles. The molecule has 27 heavy (non-hydrogen) atoms. The highest BCUT2D eigenvalue weighted by Crippen LogP contribution is 2.30. The molecule has 0 radical (unpaired) electrons. The van der Waals surface area contributed by atoms with E-state index < -0.39 is 0 Å². The first-order chi connectivity index (χ1) is 12.8. The molecule has 0 aromatic carbocycles. The first kappa shape index (κ1) is 22.0. The van der Waals surface area contributed by atoms with Crippen molar-refractivity contribution in [2.24, 2.45) is 4.99 Å². The van der Waals surface area contributed by atoms with Crippen molar-refractivity contribution >= 4 is 52.5 Å². The summed E-state index contributed by atoms with van der Waals surface area (Å²) in [5.74, 6) is 2.12. The number of hydrogen-bond donors (Lipinski definition) is 1. The number of rotatable bonds is 3. The third kappa shape index (κ3) is 7.70. The molecule has 0 bridgehead atoms. The van der Waals surface area contributed by atoms with Gasteiger partial charge in [-0.3, -0.25) is 0 Å². The summed E-state index contributed by atoms with van der Waals surface area (Å²) in [6.07, 6.45) is 5.87. The van der Waals surface area contributed by atoms with E-state index in [2.05, 4.69) is 20.3 Å². The normalized spacial score (nSPS) is 14.8. The van der Waals surface area contributed by atoms with Crippen molar-refractivity contribution in [3.8, 4) is 0 Å². The lowest BCUT2D eigenvalue weighted by Gasteiger charge is -2.20. The summed E-state index contributed by atoms with van der Waals surface area (Å²) >= 11 is 9.53. The van der Waals surface area contributed by atoms with Crippen LogP contribution in [0, 0.1) is 0 Å². The summed E-state index contributed by atoms with van der Waals surface area (Å²) in [6, 6.07) is 7.59. The van der Waals surface area contributed by atoms with Gasteiger partial charge in [0.1, 0.15) is 16.0 Å². The zero-order valence-electron chi connectivity index (χ0n) is 16.2. The van der Waals surface area contributed by atoms with Crippen molar-refractivity contribution in [3.63, 3.8) is 0 Å². The zero-order chi connectivity index (χ0) is 19.9. The Kier molecular flexibility index (Phi) is 8.41. The van der Waals surface area contributed by atoms with Crippen LogP contribution >= 0.6 is 35.1 Å². The molecule has 1 aliphatic heterocycles. The molecule has 3 rings (SSSR count). The van der Waals surface area contributed by atoms with Gasteiger partial charge in [-0.05, 0) is 63.1 Å². The predicted octanol–water partition coefficient (Wildman–Crippen LogP) is 5.67. The van der Waals surface area contributed by atoms with Crippen LogP contribution in [0.3, 0.4) is 0 Å². The van der Waals surface area contributed by atoms with Crippen LogP contribution in [0.2, 0.25) is 5.15 Å². The fourth-order valence-electron chi connectivity index (χ4n) is 2.10. The Morgan fingerprint density at radius 3 is 2.78 bits per heavy atom. The van der Waals surface area contributed by atoms with Crippen molar-refractivity contribution in [1.29, 1.82) is 0 Å². The van der Waals surface area contributed by atoms with E-state index in [-0.39, 0.29) is 5.60 Å². The Balaban J connectivity index is 0.000000817. The molecule has 2 aromatic rings. The minimum Gasteiger partial charge on any atom is -0.371 e. The largest absolute Gasteiger partial charge is 0.371 e. The highest BCUT2D eigenvalue weighted by Gasteiger charge is 2.15. The first-order valence-corrected chi connectivity index (χ1v) is 11.4. The molecule has 0 saturated heterocycles. The third-order valence-electron chi connectivity index (χ3n) is 3.16. The number of nitrogens with one attached hydrogen (secondary N) is 1. The zero-order valence-corrected chi connectivity index (χ0v) is 18.6. The van der Waals surface area contributed by atoms with E-state index >= 15 is 0 Å². The minimum atomic E-state index is -0.208. The number of amidine groups is 1. The predicted molar refractivity (Wildman–Crippen MR) is 119 cm³/mol. The average molecular weight is 425 g/mol. The summed E-state index contributed by atoms with van der Waals surface area (Å²) < 4.78 is 5.80. The maximum atomic E-state index is 6.13. The molecule has 0 saturated carbocycles. The summed E-state index contributed by atoms with van der Waals surface area (Å²) in [6.45, 7) is 6.53. The standard InChI is InChI=1S/C17H19ClN4OS.C2H6S/c1-17(2,3)23-9-11-7-13(18)21-14(8-11)22-15-10-24-16-12(20-15)5-4-6-19-16;1-3-2/h4-8H,9-10H2,1-3H3,(H,20,21,22);1-2H3. The fraction of sp³-hybridized carbons (Fsp3) is 0.421. The molecule has 146 valence electrons. The minimum absolute atomic E-state index is 0.208. The van der Waals surface area contributed by atoms with Crippen molar-refractivity contribution in [2.75, 3.05) is 23.6 Å². The van der Waals surface area contributed by atoms with E-state index in [1.807, 2.05) is 51.5 Å². The van der Waals surface area contributed by atoms with Gasteiger partial charge >= 0.3 is 0 Å². The fourth-order valence-corrected chi connectivity index (χ4v) is 3.15. The van der Waals surface area contributed by atoms with Gasteiger partial charge in [0, 0.05) is 6.20 Å². The number of fused-ring (bicyclic) bond motifs is 1. The van der Waals surface area contributed by atoms with Crippen molar-refractivity contribution < 1.29 is 4.74 Å². The monoisotopic (exact) mass is 424 g/mol. The van der Waals surface area contributed by atoms with Gasteiger partial charge in [-0.25, -0.2) is 15.0 Å². The average Bonchev–Trinajstić information content (AvgIpc) is 2.60. The summed E-state index contributed by atoms with van der Waals surface area (Å²) in [7, 11) is 0. The highest BCUT2D eigenvalue weighted by molar-refractivity contribution is 8.00. The molecule has 0 spiro atoms. The van der Waals surface area contributed by atoms with Gasteiger partial charge < -0.3 is 10.1 Å². The van der Waals surface area contributed by atoms with Gasteiger partial charge in [0.25, 0.3) is 0 Å². The highest BCUT2D eigenvalue weighted by atomic mass is 35.5. The maximum Gasteiger partial charge on any atom is 0.156 e. The second-order valence-electron chi connectivity index (χ2n) is 6.79. The van der Waals surface area contributed by atoms with Crippen LogP contribution in [0.4, 0.5) is 11.5 Å². The number of anilines is 1. The summed E-state index contributed by atoms with van der Waals surface area (Å²) in [5.41, 5.74) is 1.71. The number of pyridine rings is 2. The lowest BCUT2D eigenvalue weighted by molar-refractivity contribution is -0.0149. The number of thioether (sulfide) groups is 2. The second-order valence-corrected chi connectivity index (χ2v) is 8.96. The van der Waals surface area contributed by atoms with E-state index in [4.69, 9.17) is 16.3 Å². The molecule has 5 nitrogen and oxygen atoms in total. The number of ether oxygens (including phenoxy) is 1. The maximum absolute atomic E-state index is 6.13. The molecular weight excluding hydrogens is 400 g/mol. The van der Waals surface area contributed by atoms with Crippen molar-refractivity contribution in [3.05, 3.63) is 41.2 Å². The Morgan fingerprint density at radius 2 is 2.07 bits per heavy atom. The lowest BCUT2D eigenvalue weighted by atomic mass is 10.2. The molecule has 0 fully saturated rings. The molecule has 3 heterocycles. The molecule has 8 heteroatoms. The van der Waals surface area contributed by atoms with Gasteiger partial charge in [0.2, 0.25) is 0 Å². The van der Waals surface area contributed by atoms with Gasteiger partial charge in [-0.2, -0.15) is 11.8 Å². The number of hydrogen-bond acceptors (Lipinski definition) is 6. The van der Waals surface area contributed by atoms with Crippen LogP contribution in [0.15, 0.2) is 40.5 Å². The Hall–Kier alpha value is -1.28. The Bertz CT molecular complexity index is 794. The van der Waals surface area contributed by atoms with Crippen molar-refractivity contribution in [2.45, 2.75) is 38.0 Å². The van der Waals surface area contributed by atoms with E-state index in [0.717, 1.165) is 22.1 Å². The van der Waals surface area contributed by atoms with Gasteiger partial charge in [-0.1, -0.05) is 23.4 Å². The molecule has 0 aliphatic carbocycles. The van der Waals surface area contributed by atoms with Gasteiger partial charge in [0.15, 0.2) is 5.82 Å². The van der Waals surface area contributed by atoms with E-state index in [1.54, 1.807) is 35.8 Å². The molecule has 1 aliphatic rings. The topological polar surface area (TPSA) is 59.4 Å². The Morgan fingerprint density at radius 1 is 1.33 bits per heavy atom. The van der Waals surface area contributed by atoms with E-state index in [9.17, 15) is 0 Å². The van der Waals surface area contributed by atoms with Crippen LogP contribution in [-0.4, -0.2) is 39.7 Å². The van der Waals surface area contributed by atoms with E-state index in [1.165, 1.54) is 0 Å². The Labute approximate surface area is 174 Å². The number of nitrogens with zero attached hydrogens (tertiary/aromatic N) is 3. The van der Waals surface area contributed by atoms with E-state index in [0.29, 0.717) is 23.3 Å². The van der Waals surface area contributed by atoms with Crippen LogP contribution in [0.1, 0.15) is 26.3 Å². The van der Waals surface area contributed by atoms with Crippen LogP contribution in [0.5, 0.6) is 0 Å². The SMILES string of the molecule is CC(C)(C)OCc1cc(Cl)nc(N=C2CSc3ncccc3N2)c1.CSC. The summed E-state index contributed by atoms with van der Waals surface area (Å²) in [4.78, 5) is 13.2. The summed E-state index contributed by atoms with van der Waals surface area (Å²) in [5, 5.41) is 4.69. The molecule has 1 N–H and O–H groups in total. The molecule has 0 atom stereocenters. The number of halogens is 1. The van der Waals surface area contributed by atoms with Crippen molar-refractivity contribution in [1.82, 2.24) is 9.97 Å².